The maximum atomic E-state index is 3.90. The lowest BCUT2D eigenvalue weighted by Gasteiger charge is -2.37. The van der Waals surface area contributed by atoms with Gasteiger partial charge in [0.2, 0.25) is 0 Å². The van der Waals surface area contributed by atoms with Crippen LogP contribution in [0.2, 0.25) is 0 Å². The second kappa shape index (κ2) is 4.67. The fourth-order valence-electron chi connectivity index (χ4n) is 3.07. The molecule has 0 amide bonds. The Hall–Kier alpha value is 0.310. The summed E-state index contributed by atoms with van der Waals surface area (Å²) in [5, 5.41) is 3.90. The van der Waals surface area contributed by atoms with Crippen molar-refractivity contribution in [2.24, 2.45) is 11.3 Å². The fourth-order valence-corrected chi connectivity index (χ4v) is 4.35. The summed E-state index contributed by atoms with van der Waals surface area (Å²) in [6.45, 7) is 7.23. The van der Waals surface area contributed by atoms with E-state index in [0.717, 1.165) is 18.0 Å². The van der Waals surface area contributed by atoms with Gasteiger partial charge in [-0.1, -0.05) is 27.2 Å². The van der Waals surface area contributed by atoms with Crippen LogP contribution in [0.25, 0.3) is 0 Å². The third-order valence-corrected chi connectivity index (χ3v) is 5.55. The first-order chi connectivity index (χ1) is 7.07. The smallest absolute Gasteiger partial charge is 0.0166 e. The summed E-state index contributed by atoms with van der Waals surface area (Å²) in [6, 6.07) is 1.58. The van der Waals surface area contributed by atoms with Crippen molar-refractivity contribution >= 4 is 11.8 Å². The minimum atomic E-state index is 0.544. The Balaban J connectivity index is 1.83. The Morgan fingerprint density at radius 1 is 1.27 bits per heavy atom. The number of hydrogen-bond acceptors (Lipinski definition) is 2. The van der Waals surface area contributed by atoms with Gasteiger partial charge in [-0.3, -0.25) is 0 Å². The molecule has 1 saturated carbocycles. The number of nitrogens with one attached hydrogen (secondary N) is 1. The van der Waals surface area contributed by atoms with E-state index in [1.807, 2.05) is 0 Å². The van der Waals surface area contributed by atoms with Crippen LogP contribution in [0.15, 0.2) is 0 Å². The number of thioether (sulfide) groups is 1. The van der Waals surface area contributed by atoms with Gasteiger partial charge < -0.3 is 5.32 Å². The molecule has 2 rings (SSSR count). The van der Waals surface area contributed by atoms with Gasteiger partial charge in [0.25, 0.3) is 0 Å². The van der Waals surface area contributed by atoms with Gasteiger partial charge in [-0.2, -0.15) is 11.8 Å². The van der Waals surface area contributed by atoms with Crippen molar-refractivity contribution in [1.29, 1.82) is 0 Å². The van der Waals surface area contributed by atoms with E-state index < -0.39 is 0 Å². The molecule has 3 unspecified atom stereocenters. The predicted molar refractivity (Wildman–Crippen MR) is 69.4 cm³/mol. The van der Waals surface area contributed by atoms with Gasteiger partial charge in [0.15, 0.2) is 0 Å². The lowest BCUT2D eigenvalue weighted by molar-refractivity contribution is 0.285. The molecule has 3 atom stereocenters. The fraction of sp³-hybridized carbons (Fsp3) is 1.00. The largest absolute Gasteiger partial charge is 0.310 e. The highest BCUT2D eigenvalue weighted by Crippen LogP contribution is 2.35. The SMILES string of the molecule is CC1CCCC1NC1CSCC(C)(C)C1. The first-order valence-corrected chi connectivity index (χ1v) is 7.56. The number of rotatable bonds is 2. The third kappa shape index (κ3) is 3.13. The summed E-state index contributed by atoms with van der Waals surface area (Å²) in [4.78, 5) is 0. The Bertz CT molecular complexity index is 215. The summed E-state index contributed by atoms with van der Waals surface area (Å²) in [5.74, 6) is 3.57. The summed E-state index contributed by atoms with van der Waals surface area (Å²) in [6.07, 6.45) is 5.63. The van der Waals surface area contributed by atoms with Crippen LogP contribution < -0.4 is 5.32 Å². The molecule has 15 heavy (non-hydrogen) atoms. The molecule has 1 heterocycles. The maximum absolute atomic E-state index is 3.90. The van der Waals surface area contributed by atoms with E-state index in [4.69, 9.17) is 0 Å². The van der Waals surface area contributed by atoms with Gasteiger partial charge in [-0.05, 0) is 36.3 Å². The Labute approximate surface area is 98.8 Å². The van der Waals surface area contributed by atoms with Crippen molar-refractivity contribution in [1.82, 2.24) is 5.32 Å². The minimum Gasteiger partial charge on any atom is -0.310 e. The van der Waals surface area contributed by atoms with E-state index in [1.165, 1.54) is 37.2 Å². The second-order valence-corrected chi connectivity index (χ2v) is 7.29. The highest BCUT2D eigenvalue weighted by atomic mass is 32.2. The summed E-state index contributed by atoms with van der Waals surface area (Å²) in [5.41, 5.74) is 0.544. The van der Waals surface area contributed by atoms with Crippen molar-refractivity contribution in [3.8, 4) is 0 Å². The van der Waals surface area contributed by atoms with E-state index in [0.29, 0.717) is 5.41 Å². The van der Waals surface area contributed by atoms with Gasteiger partial charge in [-0.15, -0.1) is 0 Å². The molecule has 0 aromatic heterocycles. The molecule has 1 nitrogen and oxygen atoms in total. The molecular weight excluding hydrogens is 202 g/mol. The molecule has 2 fully saturated rings. The molecule has 0 spiro atoms. The van der Waals surface area contributed by atoms with E-state index in [-0.39, 0.29) is 0 Å². The maximum Gasteiger partial charge on any atom is 0.0166 e. The quantitative estimate of drug-likeness (QED) is 0.777. The van der Waals surface area contributed by atoms with E-state index in [9.17, 15) is 0 Å². The van der Waals surface area contributed by atoms with E-state index in [1.54, 1.807) is 0 Å². The van der Waals surface area contributed by atoms with Crippen molar-refractivity contribution in [2.45, 2.75) is 58.5 Å². The highest BCUT2D eigenvalue weighted by Gasteiger charge is 2.31. The zero-order chi connectivity index (χ0) is 10.9. The molecule has 0 radical (unpaired) electrons. The van der Waals surface area contributed by atoms with E-state index >= 15 is 0 Å². The normalized spacial score (nSPS) is 40.6. The van der Waals surface area contributed by atoms with Gasteiger partial charge in [0, 0.05) is 17.8 Å². The van der Waals surface area contributed by atoms with Crippen LogP contribution in [-0.4, -0.2) is 23.6 Å². The first kappa shape index (κ1) is 11.8. The molecule has 1 aliphatic heterocycles. The standard InChI is InChI=1S/C13H25NS/c1-10-5-4-6-12(10)14-11-7-13(2,3)9-15-8-11/h10-12,14H,4-9H2,1-3H3. The van der Waals surface area contributed by atoms with Crippen LogP contribution in [0.4, 0.5) is 0 Å². The lowest BCUT2D eigenvalue weighted by atomic mass is 9.87. The average Bonchev–Trinajstić information content (AvgIpc) is 2.50. The molecule has 1 saturated heterocycles. The third-order valence-electron chi connectivity index (χ3n) is 3.92. The highest BCUT2D eigenvalue weighted by molar-refractivity contribution is 7.99. The molecule has 0 bridgehead atoms. The zero-order valence-electron chi connectivity index (χ0n) is 10.4. The van der Waals surface area contributed by atoms with Gasteiger partial charge in [0.05, 0.1) is 0 Å². The molecular formula is C13H25NS. The zero-order valence-corrected chi connectivity index (χ0v) is 11.2. The van der Waals surface area contributed by atoms with E-state index in [2.05, 4.69) is 37.8 Å². The van der Waals surface area contributed by atoms with Gasteiger partial charge in [0.1, 0.15) is 0 Å². The second-order valence-electron chi connectivity index (χ2n) is 6.26. The number of hydrogen-bond donors (Lipinski definition) is 1. The summed E-state index contributed by atoms with van der Waals surface area (Å²) < 4.78 is 0. The molecule has 0 aromatic rings. The van der Waals surface area contributed by atoms with Crippen molar-refractivity contribution in [3.05, 3.63) is 0 Å². The topological polar surface area (TPSA) is 12.0 Å². The lowest BCUT2D eigenvalue weighted by Crippen LogP contribution is -2.46. The first-order valence-electron chi connectivity index (χ1n) is 6.41. The Morgan fingerprint density at radius 3 is 2.67 bits per heavy atom. The van der Waals surface area contributed by atoms with Crippen molar-refractivity contribution < 1.29 is 0 Å². The Kier molecular flexibility index (Phi) is 3.67. The Morgan fingerprint density at radius 2 is 2.07 bits per heavy atom. The average molecular weight is 227 g/mol. The van der Waals surface area contributed by atoms with Crippen LogP contribution in [0.5, 0.6) is 0 Å². The van der Waals surface area contributed by atoms with Gasteiger partial charge in [-0.25, -0.2) is 0 Å². The summed E-state index contributed by atoms with van der Waals surface area (Å²) in [7, 11) is 0. The van der Waals surface area contributed by atoms with Crippen LogP contribution in [0, 0.1) is 11.3 Å². The predicted octanol–water partition coefficient (Wildman–Crippen LogP) is 3.30. The van der Waals surface area contributed by atoms with Crippen LogP contribution >= 0.6 is 11.8 Å². The van der Waals surface area contributed by atoms with Crippen LogP contribution in [0.1, 0.15) is 46.5 Å². The monoisotopic (exact) mass is 227 g/mol. The molecule has 1 N–H and O–H groups in total. The molecule has 2 heteroatoms. The molecule has 1 aliphatic carbocycles. The molecule has 0 aromatic carbocycles. The van der Waals surface area contributed by atoms with Crippen LogP contribution in [-0.2, 0) is 0 Å². The molecule has 2 aliphatic rings. The van der Waals surface area contributed by atoms with Crippen molar-refractivity contribution in [3.63, 3.8) is 0 Å². The minimum absolute atomic E-state index is 0.544. The summed E-state index contributed by atoms with van der Waals surface area (Å²) >= 11 is 2.13. The molecule has 88 valence electrons. The van der Waals surface area contributed by atoms with Gasteiger partial charge >= 0.3 is 0 Å². The van der Waals surface area contributed by atoms with Crippen molar-refractivity contribution in [2.75, 3.05) is 11.5 Å². The van der Waals surface area contributed by atoms with Crippen LogP contribution in [0.3, 0.4) is 0 Å².